The zero-order chi connectivity index (χ0) is 11.5. The first-order valence-corrected chi connectivity index (χ1v) is 6.62. The molecular weight excluding hydrogens is 266 g/mol. The number of halogens is 1. The van der Waals surface area contributed by atoms with Crippen molar-refractivity contribution in [2.24, 2.45) is 5.73 Å². The van der Waals surface area contributed by atoms with Gasteiger partial charge in [-0.1, -0.05) is 18.9 Å². The lowest BCUT2D eigenvalue weighted by molar-refractivity contribution is 0.402. The molecule has 0 spiro atoms. The highest BCUT2D eigenvalue weighted by Gasteiger charge is 2.22. The number of nitrogens with two attached hydrogens (primary N) is 1. The Morgan fingerprint density at radius 2 is 2.06 bits per heavy atom. The molecular formula is C13H18BrNO. The van der Waals surface area contributed by atoms with Crippen LogP contribution in [-0.2, 0) is 6.54 Å². The van der Waals surface area contributed by atoms with Gasteiger partial charge in [-0.25, -0.2) is 0 Å². The zero-order valence-electron chi connectivity index (χ0n) is 9.63. The molecule has 0 bridgehead atoms. The summed E-state index contributed by atoms with van der Waals surface area (Å²) in [5.74, 6) is 1.64. The molecule has 0 unspecified atom stereocenters. The second-order valence-corrected chi connectivity index (χ2v) is 5.24. The fraction of sp³-hybridized carbons (Fsp3) is 0.538. The van der Waals surface area contributed by atoms with Gasteiger partial charge >= 0.3 is 0 Å². The maximum Gasteiger partial charge on any atom is 0.136 e. The van der Waals surface area contributed by atoms with Crippen LogP contribution in [0.5, 0.6) is 5.75 Å². The molecule has 0 aromatic heterocycles. The van der Waals surface area contributed by atoms with Gasteiger partial charge in [-0.15, -0.1) is 0 Å². The van der Waals surface area contributed by atoms with E-state index in [0.717, 1.165) is 10.2 Å². The molecule has 1 fully saturated rings. The third kappa shape index (κ3) is 2.25. The van der Waals surface area contributed by atoms with E-state index in [4.69, 9.17) is 10.5 Å². The summed E-state index contributed by atoms with van der Waals surface area (Å²) in [6, 6.07) is 4.26. The molecule has 0 heterocycles. The summed E-state index contributed by atoms with van der Waals surface area (Å²) in [6.45, 7) is 0.586. The number of hydrogen-bond donors (Lipinski definition) is 1. The van der Waals surface area contributed by atoms with Crippen molar-refractivity contribution in [3.05, 3.63) is 27.7 Å². The molecule has 0 radical (unpaired) electrons. The number of rotatable bonds is 3. The van der Waals surface area contributed by atoms with Crippen LogP contribution >= 0.6 is 15.9 Å². The summed E-state index contributed by atoms with van der Waals surface area (Å²) in [6.07, 6.45) is 5.21. The van der Waals surface area contributed by atoms with Crippen molar-refractivity contribution in [1.29, 1.82) is 0 Å². The van der Waals surface area contributed by atoms with Crippen molar-refractivity contribution in [3.63, 3.8) is 0 Å². The number of benzene rings is 1. The maximum atomic E-state index is 5.72. The predicted molar refractivity (Wildman–Crippen MR) is 69.8 cm³/mol. The molecule has 1 saturated carbocycles. The van der Waals surface area contributed by atoms with Gasteiger partial charge in [-0.05, 0) is 51.9 Å². The van der Waals surface area contributed by atoms with Gasteiger partial charge in [0.05, 0.1) is 11.6 Å². The van der Waals surface area contributed by atoms with Crippen LogP contribution in [0.3, 0.4) is 0 Å². The van der Waals surface area contributed by atoms with E-state index in [-0.39, 0.29) is 0 Å². The molecule has 16 heavy (non-hydrogen) atoms. The van der Waals surface area contributed by atoms with Gasteiger partial charge in [0.15, 0.2) is 0 Å². The van der Waals surface area contributed by atoms with Crippen molar-refractivity contribution in [3.8, 4) is 5.75 Å². The average Bonchev–Trinajstić information content (AvgIpc) is 2.81. The fourth-order valence-corrected chi connectivity index (χ4v) is 3.23. The Hall–Kier alpha value is -0.540. The fourth-order valence-electron chi connectivity index (χ4n) is 2.55. The van der Waals surface area contributed by atoms with Crippen LogP contribution in [0.15, 0.2) is 16.6 Å². The Balaban J connectivity index is 2.42. The molecule has 2 rings (SSSR count). The van der Waals surface area contributed by atoms with Gasteiger partial charge < -0.3 is 10.5 Å². The Labute approximate surface area is 105 Å². The predicted octanol–water partition coefficient (Wildman–Crippen LogP) is 3.57. The monoisotopic (exact) mass is 283 g/mol. The minimum atomic E-state index is 0.586. The molecule has 0 aliphatic heterocycles. The summed E-state index contributed by atoms with van der Waals surface area (Å²) in [5.41, 5.74) is 8.22. The molecule has 88 valence electrons. The molecule has 1 aromatic rings. The Kier molecular flexibility index (Phi) is 3.87. The van der Waals surface area contributed by atoms with Gasteiger partial charge in [0.2, 0.25) is 0 Å². The highest BCUT2D eigenvalue weighted by molar-refractivity contribution is 9.10. The highest BCUT2D eigenvalue weighted by Crippen LogP contribution is 2.42. The first kappa shape index (κ1) is 11.9. The molecule has 0 atom stereocenters. The second kappa shape index (κ2) is 5.19. The van der Waals surface area contributed by atoms with E-state index in [1.54, 1.807) is 7.11 Å². The summed E-state index contributed by atoms with van der Waals surface area (Å²) >= 11 is 3.57. The van der Waals surface area contributed by atoms with E-state index in [1.807, 2.05) is 0 Å². The van der Waals surface area contributed by atoms with E-state index >= 15 is 0 Å². The summed E-state index contributed by atoms with van der Waals surface area (Å²) < 4.78 is 6.53. The van der Waals surface area contributed by atoms with Crippen molar-refractivity contribution < 1.29 is 4.74 Å². The lowest BCUT2D eigenvalue weighted by atomic mass is 9.95. The van der Waals surface area contributed by atoms with Crippen LogP contribution in [0.4, 0.5) is 0 Å². The van der Waals surface area contributed by atoms with Crippen LogP contribution < -0.4 is 10.5 Å². The normalized spacial score (nSPS) is 16.7. The van der Waals surface area contributed by atoms with Crippen LogP contribution in [0, 0.1) is 0 Å². The third-order valence-corrected chi connectivity index (χ3v) is 3.96. The van der Waals surface area contributed by atoms with E-state index in [9.17, 15) is 0 Å². The van der Waals surface area contributed by atoms with Crippen LogP contribution in [0.2, 0.25) is 0 Å². The van der Waals surface area contributed by atoms with E-state index in [1.165, 1.54) is 36.8 Å². The number of hydrogen-bond acceptors (Lipinski definition) is 2. The topological polar surface area (TPSA) is 35.2 Å². The van der Waals surface area contributed by atoms with Gasteiger partial charge in [0.25, 0.3) is 0 Å². The SMILES string of the molecule is COc1c(Br)cc(CN)cc1C1CCCC1. The summed E-state index contributed by atoms with van der Waals surface area (Å²) in [4.78, 5) is 0. The first-order valence-electron chi connectivity index (χ1n) is 5.82. The van der Waals surface area contributed by atoms with E-state index in [2.05, 4.69) is 28.1 Å². The average molecular weight is 284 g/mol. The van der Waals surface area contributed by atoms with Crippen molar-refractivity contribution in [2.45, 2.75) is 38.1 Å². The lowest BCUT2D eigenvalue weighted by Gasteiger charge is -2.17. The van der Waals surface area contributed by atoms with Crippen LogP contribution in [0.1, 0.15) is 42.7 Å². The van der Waals surface area contributed by atoms with Gasteiger partial charge in [-0.3, -0.25) is 0 Å². The second-order valence-electron chi connectivity index (χ2n) is 4.39. The molecule has 1 aromatic carbocycles. The highest BCUT2D eigenvalue weighted by atomic mass is 79.9. The van der Waals surface area contributed by atoms with Crippen molar-refractivity contribution in [2.75, 3.05) is 7.11 Å². The molecule has 0 amide bonds. The molecule has 1 aliphatic rings. The largest absolute Gasteiger partial charge is 0.495 e. The first-order chi connectivity index (χ1) is 7.76. The quantitative estimate of drug-likeness (QED) is 0.920. The standard InChI is InChI=1S/C13H18BrNO/c1-16-13-11(10-4-2-3-5-10)6-9(8-15)7-12(13)14/h6-7,10H,2-5,8,15H2,1H3. The number of ether oxygens (including phenoxy) is 1. The lowest BCUT2D eigenvalue weighted by Crippen LogP contribution is -2.03. The minimum absolute atomic E-state index is 0.586. The summed E-state index contributed by atoms with van der Waals surface area (Å²) in [5, 5.41) is 0. The van der Waals surface area contributed by atoms with E-state index < -0.39 is 0 Å². The Morgan fingerprint density at radius 1 is 1.38 bits per heavy atom. The van der Waals surface area contributed by atoms with Crippen LogP contribution in [-0.4, -0.2) is 7.11 Å². The maximum absolute atomic E-state index is 5.72. The number of methoxy groups -OCH3 is 1. The van der Waals surface area contributed by atoms with Gasteiger partial charge in [0.1, 0.15) is 5.75 Å². The smallest absolute Gasteiger partial charge is 0.136 e. The molecule has 2 nitrogen and oxygen atoms in total. The van der Waals surface area contributed by atoms with E-state index in [0.29, 0.717) is 12.5 Å². The van der Waals surface area contributed by atoms with Gasteiger partial charge in [0, 0.05) is 6.54 Å². The molecule has 3 heteroatoms. The summed E-state index contributed by atoms with van der Waals surface area (Å²) in [7, 11) is 1.74. The van der Waals surface area contributed by atoms with Crippen molar-refractivity contribution in [1.82, 2.24) is 0 Å². The zero-order valence-corrected chi connectivity index (χ0v) is 11.2. The minimum Gasteiger partial charge on any atom is -0.495 e. The Morgan fingerprint density at radius 3 is 2.62 bits per heavy atom. The van der Waals surface area contributed by atoms with Gasteiger partial charge in [-0.2, -0.15) is 0 Å². The Bertz CT molecular complexity index is 372. The van der Waals surface area contributed by atoms with Crippen molar-refractivity contribution >= 4 is 15.9 Å². The molecule has 0 saturated heterocycles. The van der Waals surface area contributed by atoms with Crippen LogP contribution in [0.25, 0.3) is 0 Å². The molecule has 1 aliphatic carbocycles. The third-order valence-electron chi connectivity index (χ3n) is 3.37. The molecule has 2 N–H and O–H groups in total.